The number of piperidine rings is 1. The summed E-state index contributed by atoms with van der Waals surface area (Å²) in [5.74, 6) is -0.364. The Balaban J connectivity index is 1.70. The third kappa shape index (κ3) is 4.59. The van der Waals surface area contributed by atoms with E-state index < -0.39 is 5.60 Å². The van der Waals surface area contributed by atoms with Gasteiger partial charge in [-0.15, -0.1) is 0 Å². The quantitative estimate of drug-likeness (QED) is 0.834. The van der Waals surface area contributed by atoms with E-state index in [0.717, 1.165) is 24.8 Å². The summed E-state index contributed by atoms with van der Waals surface area (Å²) in [5, 5.41) is 4.38. The van der Waals surface area contributed by atoms with Gasteiger partial charge < -0.3 is 9.64 Å². The highest BCUT2D eigenvalue weighted by atomic mass is 19.1. The summed E-state index contributed by atoms with van der Waals surface area (Å²) < 4.78 is 20.4. The van der Waals surface area contributed by atoms with Gasteiger partial charge in [0.15, 0.2) is 0 Å². The van der Waals surface area contributed by atoms with Crippen molar-refractivity contribution in [2.75, 3.05) is 6.54 Å². The molecule has 0 unspecified atom stereocenters. The van der Waals surface area contributed by atoms with E-state index in [-0.39, 0.29) is 18.0 Å². The van der Waals surface area contributed by atoms with Crippen LogP contribution in [0.3, 0.4) is 0 Å². The molecule has 3 heterocycles. The summed E-state index contributed by atoms with van der Waals surface area (Å²) in [5.41, 5.74) is 0.988. The third-order valence-corrected chi connectivity index (χ3v) is 4.31. The average molecular weight is 360 g/mol. The molecule has 1 amide bonds. The Hall–Kier alpha value is -2.44. The molecule has 26 heavy (non-hydrogen) atoms. The van der Waals surface area contributed by atoms with Gasteiger partial charge in [0, 0.05) is 18.3 Å². The van der Waals surface area contributed by atoms with Crippen LogP contribution in [0.5, 0.6) is 0 Å². The zero-order valence-electron chi connectivity index (χ0n) is 15.5. The van der Waals surface area contributed by atoms with Gasteiger partial charge in [-0.3, -0.25) is 9.67 Å². The molecule has 1 atom stereocenters. The standard InChI is InChI=1S/C19H25FN4O2/c1-19(2,3)26-18(25)24-9-5-4-6-16(24)13-23-12-14(10-22-23)17-8-7-15(20)11-21-17/h7-8,10-12,16H,4-6,9,13H2,1-3H3/t16-/m0/s1. The molecular weight excluding hydrogens is 335 g/mol. The SMILES string of the molecule is CC(C)(C)OC(=O)N1CCCC[C@H]1Cn1cc(-c2ccc(F)cn2)cn1. The van der Waals surface area contributed by atoms with Gasteiger partial charge in [-0.25, -0.2) is 9.18 Å². The minimum Gasteiger partial charge on any atom is -0.444 e. The Kier molecular flexibility index (Phi) is 5.25. The fraction of sp³-hybridized carbons (Fsp3) is 0.526. The second-order valence-electron chi connectivity index (χ2n) is 7.64. The van der Waals surface area contributed by atoms with Crippen LogP contribution in [-0.2, 0) is 11.3 Å². The molecule has 0 aliphatic carbocycles. The van der Waals surface area contributed by atoms with Crippen LogP contribution in [0, 0.1) is 5.82 Å². The van der Waals surface area contributed by atoms with Crippen molar-refractivity contribution < 1.29 is 13.9 Å². The molecule has 1 aliphatic heterocycles. The van der Waals surface area contributed by atoms with E-state index in [2.05, 4.69) is 10.1 Å². The van der Waals surface area contributed by atoms with E-state index >= 15 is 0 Å². The van der Waals surface area contributed by atoms with Gasteiger partial charge in [-0.1, -0.05) is 0 Å². The lowest BCUT2D eigenvalue weighted by Crippen LogP contribution is -2.47. The van der Waals surface area contributed by atoms with Crippen LogP contribution in [0.25, 0.3) is 11.3 Å². The van der Waals surface area contributed by atoms with Gasteiger partial charge in [-0.05, 0) is 52.2 Å². The number of likely N-dealkylation sites (tertiary alicyclic amines) is 1. The van der Waals surface area contributed by atoms with Crippen LogP contribution in [0.4, 0.5) is 9.18 Å². The Morgan fingerprint density at radius 2 is 2.12 bits per heavy atom. The first-order valence-electron chi connectivity index (χ1n) is 8.96. The molecule has 1 aliphatic rings. The number of amides is 1. The fourth-order valence-electron chi connectivity index (χ4n) is 3.11. The second-order valence-corrected chi connectivity index (χ2v) is 7.64. The van der Waals surface area contributed by atoms with Crippen molar-refractivity contribution in [3.63, 3.8) is 0 Å². The maximum atomic E-state index is 13.0. The number of hydrogen-bond donors (Lipinski definition) is 0. The van der Waals surface area contributed by atoms with Crippen molar-refractivity contribution >= 4 is 6.09 Å². The van der Waals surface area contributed by atoms with Crippen LogP contribution in [0.15, 0.2) is 30.7 Å². The Bertz CT molecular complexity index is 752. The molecule has 0 N–H and O–H groups in total. The van der Waals surface area contributed by atoms with E-state index in [1.807, 2.05) is 36.5 Å². The van der Waals surface area contributed by atoms with Crippen LogP contribution in [-0.4, -0.2) is 43.9 Å². The molecule has 1 saturated heterocycles. The molecule has 2 aromatic heterocycles. The van der Waals surface area contributed by atoms with E-state index in [0.29, 0.717) is 18.8 Å². The Morgan fingerprint density at radius 3 is 2.81 bits per heavy atom. The number of aromatic nitrogens is 3. The number of pyridine rings is 1. The topological polar surface area (TPSA) is 60.2 Å². The number of nitrogens with zero attached hydrogens (tertiary/aromatic N) is 4. The van der Waals surface area contributed by atoms with Crippen LogP contribution in [0.1, 0.15) is 40.0 Å². The number of hydrogen-bond acceptors (Lipinski definition) is 4. The van der Waals surface area contributed by atoms with Gasteiger partial charge in [0.2, 0.25) is 0 Å². The summed E-state index contributed by atoms with van der Waals surface area (Å²) >= 11 is 0. The number of halogens is 1. The molecule has 140 valence electrons. The highest BCUT2D eigenvalue weighted by Crippen LogP contribution is 2.23. The minimum absolute atomic E-state index is 0.0486. The maximum absolute atomic E-state index is 13.0. The number of carbonyl (C=O) groups excluding carboxylic acids is 1. The largest absolute Gasteiger partial charge is 0.444 e. The lowest BCUT2D eigenvalue weighted by atomic mass is 10.0. The zero-order valence-corrected chi connectivity index (χ0v) is 15.5. The molecule has 3 rings (SSSR count). The molecule has 0 aromatic carbocycles. The molecular formula is C19H25FN4O2. The highest BCUT2D eigenvalue weighted by Gasteiger charge is 2.30. The smallest absolute Gasteiger partial charge is 0.410 e. The van der Waals surface area contributed by atoms with E-state index in [1.165, 1.54) is 12.3 Å². The summed E-state index contributed by atoms with van der Waals surface area (Å²) in [4.78, 5) is 18.4. The van der Waals surface area contributed by atoms with E-state index in [4.69, 9.17) is 4.74 Å². The molecule has 1 fully saturated rings. The predicted octanol–water partition coefficient (Wildman–Crippen LogP) is 3.87. The monoisotopic (exact) mass is 360 g/mol. The maximum Gasteiger partial charge on any atom is 0.410 e. The lowest BCUT2D eigenvalue weighted by molar-refractivity contribution is 0.00740. The average Bonchev–Trinajstić information content (AvgIpc) is 3.03. The molecule has 0 bridgehead atoms. The molecule has 6 nitrogen and oxygen atoms in total. The lowest BCUT2D eigenvalue weighted by Gasteiger charge is -2.36. The van der Waals surface area contributed by atoms with Crippen molar-refractivity contribution in [1.29, 1.82) is 0 Å². The second kappa shape index (κ2) is 7.43. The van der Waals surface area contributed by atoms with Crippen LogP contribution in [0.2, 0.25) is 0 Å². The summed E-state index contributed by atoms with van der Waals surface area (Å²) in [7, 11) is 0. The first-order chi connectivity index (χ1) is 12.3. The molecule has 0 spiro atoms. The highest BCUT2D eigenvalue weighted by molar-refractivity contribution is 5.68. The molecule has 0 radical (unpaired) electrons. The fourth-order valence-corrected chi connectivity index (χ4v) is 3.11. The first kappa shape index (κ1) is 18.4. The molecule has 7 heteroatoms. The van der Waals surface area contributed by atoms with Gasteiger partial charge in [0.25, 0.3) is 0 Å². The zero-order chi connectivity index (χ0) is 18.7. The van der Waals surface area contributed by atoms with Gasteiger partial charge in [0.05, 0.1) is 30.7 Å². The van der Waals surface area contributed by atoms with Crippen molar-refractivity contribution in [3.8, 4) is 11.3 Å². The van der Waals surface area contributed by atoms with Gasteiger partial charge in [0.1, 0.15) is 11.4 Å². The van der Waals surface area contributed by atoms with E-state index in [9.17, 15) is 9.18 Å². The summed E-state index contributed by atoms with van der Waals surface area (Å²) in [6, 6.07) is 3.06. The number of ether oxygens (including phenoxy) is 1. The minimum atomic E-state index is -0.508. The number of rotatable bonds is 3. The van der Waals surface area contributed by atoms with Gasteiger partial charge >= 0.3 is 6.09 Å². The van der Waals surface area contributed by atoms with Crippen molar-refractivity contribution in [1.82, 2.24) is 19.7 Å². The van der Waals surface area contributed by atoms with Crippen molar-refractivity contribution in [2.45, 2.75) is 58.2 Å². The van der Waals surface area contributed by atoms with Crippen LogP contribution >= 0.6 is 0 Å². The van der Waals surface area contributed by atoms with E-state index in [1.54, 1.807) is 12.3 Å². The van der Waals surface area contributed by atoms with Crippen molar-refractivity contribution in [3.05, 3.63) is 36.5 Å². The summed E-state index contributed by atoms with van der Waals surface area (Å²) in [6.07, 6.45) is 7.50. The third-order valence-electron chi connectivity index (χ3n) is 4.31. The van der Waals surface area contributed by atoms with Crippen molar-refractivity contribution in [2.24, 2.45) is 0 Å². The van der Waals surface area contributed by atoms with Crippen LogP contribution < -0.4 is 0 Å². The predicted molar refractivity (Wildman–Crippen MR) is 96.0 cm³/mol. The summed E-state index contributed by atoms with van der Waals surface area (Å²) in [6.45, 7) is 6.92. The first-order valence-corrected chi connectivity index (χ1v) is 8.96. The normalized spacial score (nSPS) is 18.0. The molecule has 0 saturated carbocycles. The Labute approximate surface area is 153 Å². The molecule has 2 aromatic rings. The Morgan fingerprint density at radius 1 is 1.31 bits per heavy atom. The number of carbonyl (C=O) groups is 1. The van der Waals surface area contributed by atoms with Gasteiger partial charge in [-0.2, -0.15) is 5.10 Å².